The molecule has 0 bridgehead atoms. The Morgan fingerprint density at radius 2 is 2.00 bits per heavy atom. The van der Waals surface area contributed by atoms with Gasteiger partial charge in [0.25, 0.3) is 5.56 Å². The van der Waals surface area contributed by atoms with Crippen LogP contribution in [-0.2, 0) is 17.0 Å². The van der Waals surface area contributed by atoms with Crippen LogP contribution in [-0.4, -0.2) is 25.4 Å². The molecule has 112 valence electrons. The predicted molar refractivity (Wildman–Crippen MR) is 87.3 cm³/mol. The van der Waals surface area contributed by atoms with E-state index in [-0.39, 0.29) is 5.56 Å². The summed E-state index contributed by atoms with van der Waals surface area (Å²) in [4.78, 5) is 12.5. The van der Waals surface area contributed by atoms with Crippen LogP contribution >= 0.6 is 12.6 Å². The van der Waals surface area contributed by atoms with Gasteiger partial charge in [0.2, 0.25) is 0 Å². The molecule has 0 spiro atoms. The van der Waals surface area contributed by atoms with Gasteiger partial charge in [-0.2, -0.15) is 12.6 Å². The minimum atomic E-state index is -0.0256. The largest absolute Gasteiger partial charge is 0.497 e. The van der Waals surface area contributed by atoms with Gasteiger partial charge in [0.05, 0.1) is 19.4 Å². The van der Waals surface area contributed by atoms with Crippen molar-refractivity contribution in [3.05, 3.63) is 52.3 Å². The Morgan fingerprint density at radius 1 is 1.19 bits per heavy atom. The van der Waals surface area contributed by atoms with Gasteiger partial charge in [0, 0.05) is 30.5 Å². The van der Waals surface area contributed by atoms with Crippen LogP contribution in [0.3, 0.4) is 0 Å². The standard InChI is InChI=1S/C16H19NO3S/c1-19-9-8-17-15(7-6-13(11-21)16(17)18)12-4-3-5-14(10-12)20-2/h3-7,10,21H,8-9,11H2,1-2H3. The summed E-state index contributed by atoms with van der Waals surface area (Å²) in [5.41, 5.74) is 2.44. The third-order valence-electron chi connectivity index (χ3n) is 3.31. The van der Waals surface area contributed by atoms with Gasteiger partial charge in [-0.05, 0) is 18.2 Å². The second kappa shape index (κ2) is 7.33. The first kappa shape index (κ1) is 15.7. The number of hydrogen-bond donors (Lipinski definition) is 1. The first-order valence-electron chi connectivity index (χ1n) is 6.68. The lowest BCUT2D eigenvalue weighted by molar-refractivity contribution is 0.186. The highest BCUT2D eigenvalue weighted by atomic mass is 32.1. The fourth-order valence-corrected chi connectivity index (χ4v) is 2.42. The van der Waals surface area contributed by atoms with Crippen LogP contribution in [0.2, 0.25) is 0 Å². The molecule has 0 unspecified atom stereocenters. The van der Waals surface area contributed by atoms with Crippen molar-refractivity contribution in [1.29, 1.82) is 0 Å². The topological polar surface area (TPSA) is 40.5 Å². The van der Waals surface area contributed by atoms with E-state index < -0.39 is 0 Å². The molecule has 0 fully saturated rings. The summed E-state index contributed by atoms with van der Waals surface area (Å²) in [5, 5.41) is 0. The van der Waals surface area contributed by atoms with Gasteiger partial charge in [0.1, 0.15) is 5.75 Å². The molecule has 4 nitrogen and oxygen atoms in total. The van der Waals surface area contributed by atoms with Crippen molar-refractivity contribution >= 4 is 12.6 Å². The molecule has 21 heavy (non-hydrogen) atoms. The van der Waals surface area contributed by atoms with E-state index in [4.69, 9.17) is 9.47 Å². The number of rotatable bonds is 6. The van der Waals surface area contributed by atoms with Gasteiger partial charge < -0.3 is 14.0 Å². The van der Waals surface area contributed by atoms with Crippen molar-refractivity contribution in [3.8, 4) is 17.0 Å². The minimum Gasteiger partial charge on any atom is -0.497 e. The number of methoxy groups -OCH3 is 2. The number of pyridine rings is 1. The molecule has 0 N–H and O–H groups in total. The van der Waals surface area contributed by atoms with E-state index in [0.29, 0.717) is 24.5 Å². The molecule has 0 aliphatic rings. The zero-order chi connectivity index (χ0) is 15.2. The van der Waals surface area contributed by atoms with Crippen LogP contribution in [0.5, 0.6) is 5.75 Å². The molecule has 2 rings (SSSR count). The molecule has 0 saturated heterocycles. The molecule has 0 saturated carbocycles. The second-order valence-corrected chi connectivity index (χ2v) is 4.90. The highest BCUT2D eigenvalue weighted by molar-refractivity contribution is 7.79. The monoisotopic (exact) mass is 305 g/mol. The number of ether oxygens (including phenoxy) is 2. The van der Waals surface area contributed by atoms with E-state index >= 15 is 0 Å². The van der Waals surface area contributed by atoms with Crippen molar-refractivity contribution in [2.24, 2.45) is 0 Å². The van der Waals surface area contributed by atoms with Crippen LogP contribution in [0.1, 0.15) is 5.56 Å². The minimum absolute atomic E-state index is 0.0256. The fourth-order valence-electron chi connectivity index (χ4n) is 2.18. The van der Waals surface area contributed by atoms with Gasteiger partial charge in [-0.25, -0.2) is 0 Å². The first-order chi connectivity index (χ1) is 10.2. The summed E-state index contributed by atoms with van der Waals surface area (Å²) in [6, 6.07) is 11.4. The van der Waals surface area contributed by atoms with Crippen molar-refractivity contribution in [3.63, 3.8) is 0 Å². The fraction of sp³-hybridized carbons (Fsp3) is 0.312. The quantitative estimate of drug-likeness (QED) is 0.834. The highest BCUT2D eigenvalue weighted by Crippen LogP contribution is 2.23. The van der Waals surface area contributed by atoms with Crippen LogP contribution in [0.25, 0.3) is 11.3 Å². The van der Waals surface area contributed by atoms with Crippen molar-refractivity contribution in [2.45, 2.75) is 12.3 Å². The molecule has 1 heterocycles. The zero-order valence-electron chi connectivity index (χ0n) is 12.2. The number of thiol groups is 1. The number of nitrogens with zero attached hydrogens (tertiary/aromatic N) is 1. The van der Waals surface area contributed by atoms with Gasteiger partial charge in [-0.15, -0.1) is 0 Å². The van der Waals surface area contributed by atoms with Gasteiger partial charge in [0.15, 0.2) is 0 Å². The third-order valence-corrected chi connectivity index (χ3v) is 3.65. The van der Waals surface area contributed by atoms with Crippen molar-refractivity contribution in [1.82, 2.24) is 4.57 Å². The van der Waals surface area contributed by atoms with Crippen LogP contribution in [0.4, 0.5) is 0 Å². The first-order valence-corrected chi connectivity index (χ1v) is 7.31. The smallest absolute Gasteiger partial charge is 0.255 e. The van der Waals surface area contributed by atoms with Crippen molar-refractivity contribution in [2.75, 3.05) is 20.8 Å². The Labute approximate surface area is 129 Å². The maximum absolute atomic E-state index is 12.5. The zero-order valence-corrected chi connectivity index (χ0v) is 13.1. The van der Waals surface area contributed by atoms with Crippen LogP contribution in [0, 0.1) is 0 Å². The Balaban J connectivity index is 2.55. The lowest BCUT2D eigenvalue weighted by Crippen LogP contribution is -2.26. The molecule has 5 heteroatoms. The maximum atomic E-state index is 12.5. The molecule has 0 atom stereocenters. The van der Waals surface area contributed by atoms with E-state index in [0.717, 1.165) is 17.0 Å². The highest BCUT2D eigenvalue weighted by Gasteiger charge is 2.10. The summed E-state index contributed by atoms with van der Waals surface area (Å²) in [6.45, 7) is 0.983. The summed E-state index contributed by atoms with van der Waals surface area (Å²) in [7, 11) is 3.25. The molecule has 0 aliphatic heterocycles. The van der Waals surface area contributed by atoms with Gasteiger partial charge in [-0.1, -0.05) is 18.2 Å². The third kappa shape index (κ3) is 3.49. The molecule has 0 aliphatic carbocycles. The summed E-state index contributed by atoms with van der Waals surface area (Å²) < 4.78 is 12.1. The van der Waals surface area contributed by atoms with Gasteiger partial charge in [-0.3, -0.25) is 4.79 Å². The summed E-state index contributed by atoms with van der Waals surface area (Å²) in [5.74, 6) is 1.18. The summed E-state index contributed by atoms with van der Waals surface area (Å²) in [6.07, 6.45) is 0. The van der Waals surface area contributed by atoms with E-state index in [2.05, 4.69) is 12.6 Å². The normalized spacial score (nSPS) is 10.6. The Hall–Kier alpha value is -1.72. The van der Waals surface area contributed by atoms with E-state index in [1.807, 2.05) is 36.4 Å². The Kier molecular flexibility index (Phi) is 5.47. The van der Waals surface area contributed by atoms with E-state index in [9.17, 15) is 4.79 Å². The van der Waals surface area contributed by atoms with Crippen LogP contribution < -0.4 is 10.3 Å². The van der Waals surface area contributed by atoms with Crippen molar-refractivity contribution < 1.29 is 9.47 Å². The molecular formula is C16H19NO3S. The molecule has 0 amide bonds. The van der Waals surface area contributed by atoms with E-state index in [1.165, 1.54) is 0 Å². The SMILES string of the molecule is COCCn1c(-c2cccc(OC)c2)ccc(CS)c1=O. The lowest BCUT2D eigenvalue weighted by atomic mass is 10.1. The number of aromatic nitrogens is 1. The number of benzene rings is 1. The second-order valence-electron chi connectivity index (χ2n) is 4.58. The predicted octanol–water partition coefficient (Wildman–Crippen LogP) is 2.60. The molecule has 1 aromatic heterocycles. The Morgan fingerprint density at radius 3 is 2.67 bits per heavy atom. The number of hydrogen-bond acceptors (Lipinski definition) is 4. The molecule has 2 aromatic rings. The molecular weight excluding hydrogens is 286 g/mol. The van der Waals surface area contributed by atoms with E-state index in [1.54, 1.807) is 18.8 Å². The lowest BCUT2D eigenvalue weighted by Gasteiger charge is -2.14. The Bertz CT molecular complexity index is 667. The molecule has 0 radical (unpaired) electrons. The molecule has 1 aromatic carbocycles. The average Bonchev–Trinajstić information content (AvgIpc) is 2.53. The summed E-state index contributed by atoms with van der Waals surface area (Å²) >= 11 is 4.21. The van der Waals surface area contributed by atoms with Crippen LogP contribution in [0.15, 0.2) is 41.2 Å². The van der Waals surface area contributed by atoms with Gasteiger partial charge >= 0.3 is 0 Å². The maximum Gasteiger partial charge on any atom is 0.255 e. The average molecular weight is 305 g/mol.